The van der Waals surface area contributed by atoms with Gasteiger partial charge in [-0.3, -0.25) is 4.79 Å². The van der Waals surface area contributed by atoms with Crippen LogP contribution in [0.5, 0.6) is 5.95 Å². The molecular formula is C19H16ClN3O5S. The van der Waals surface area contributed by atoms with Crippen molar-refractivity contribution in [1.82, 2.24) is 5.27 Å². The van der Waals surface area contributed by atoms with Crippen LogP contribution in [0, 0.1) is 0 Å². The first kappa shape index (κ1) is 20.7. The van der Waals surface area contributed by atoms with Crippen LogP contribution < -0.4 is 15.1 Å². The monoisotopic (exact) mass is 433 g/mol. The topological polar surface area (TPSA) is 119 Å². The summed E-state index contributed by atoms with van der Waals surface area (Å²) in [5.41, 5.74) is 0.798. The first-order valence-corrected chi connectivity index (χ1v) is 9.81. The molecule has 0 aliphatic rings. The van der Waals surface area contributed by atoms with E-state index in [1.165, 1.54) is 22.9 Å². The van der Waals surface area contributed by atoms with Gasteiger partial charge in [-0.1, -0.05) is 36.7 Å². The molecule has 2 N–H and O–H groups in total. The van der Waals surface area contributed by atoms with E-state index in [0.29, 0.717) is 17.8 Å². The summed E-state index contributed by atoms with van der Waals surface area (Å²) in [6.45, 7) is 1.80. The second kappa shape index (κ2) is 8.97. The molecule has 3 rings (SSSR count). The minimum atomic E-state index is -1.20. The largest absolute Gasteiger partial charge is 0.538 e. The molecule has 0 aliphatic carbocycles. The number of rotatable bonds is 7. The normalized spacial score (nSPS) is 11.8. The quantitative estimate of drug-likeness (QED) is 0.434. The van der Waals surface area contributed by atoms with Gasteiger partial charge in [0, 0.05) is 17.8 Å². The molecule has 3 aromatic rings. The summed E-state index contributed by atoms with van der Waals surface area (Å²) in [4.78, 5) is 23.9. The highest BCUT2D eigenvalue weighted by Gasteiger charge is 2.28. The maximum Gasteiger partial charge on any atom is 0.337 e. The number of aromatic carboxylic acids is 1. The summed E-state index contributed by atoms with van der Waals surface area (Å²) in [5, 5.41) is 27.3. The van der Waals surface area contributed by atoms with Gasteiger partial charge in [-0.15, -0.1) is 0 Å². The summed E-state index contributed by atoms with van der Waals surface area (Å²) in [7, 11) is 0. The van der Waals surface area contributed by atoms with Crippen molar-refractivity contribution in [3.8, 4) is 11.6 Å². The predicted molar refractivity (Wildman–Crippen MR) is 104 cm³/mol. The van der Waals surface area contributed by atoms with Crippen LogP contribution in [-0.2, 0) is 4.79 Å². The second-order valence-electron chi connectivity index (χ2n) is 5.92. The molecule has 0 saturated carbocycles. The van der Waals surface area contributed by atoms with E-state index in [2.05, 4.69) is 10.6 Å². The molecule has 10 heteroatoms. The zero-order valence-electron chi connectivity index (χ0n) is 15.2. The second-order valence-corrected chi connectivity index (χ2v) is 7.52. The standard InChI is InChI=1S/C19H16ClN3O5S/c1-2-15(16(24)21-11-8-9-14(20)13(10-11)18(25)26)29-17-19(27)28-22-23(17)12-6-4-3-5-7-12/h3-10,15H,2H2,1H3,(H2-,21,22,24,25,26,27). The summed E-state index contributed by atoms with van der Waals surface area (Å²) >= 11 is 6.88. The average Bonchev–Trinajstić information content (AvgIpc) is 3.08. The lowest BCUT2D eigenvalue weighted by atomic mass is 10.2. The van der Waals surface area contributed by atoms with Crippen LogP contribution in [0.15, 0.2) is 58.1 Å². The fraction of sp³-hybridized carbons (Fsp3) is 0.158. The number of anilines is 1. The van der Waals surface area contributed by atoms with Crippen LogP contribution >= 0.6 is 23.4 Å². The van der Waals surface area contributed by atoms with E-state index >= 15 is 0 Å². The number of aromatic nitrogens is 2. The van der Waals surface area contributed by atoms with Crippen LogP contribution in [-0.4, -0.2) is 27.5 Å². The number of nitrogens with one attached hydrogen (secondary N) is 1. The number of carbonyl (C=O) groups is 2. The van der Waals surface area contributed by atoms with Crippen LogP contribution in [0.2, 0.25) is 5.02 Å². The zero-order valence-corrected chi connectivity index (χ0v) is 16.7. The minimum absolute atomic E-state index is 0.0706. The number of halogens is 1. The van der Waals surface area contributed by atoms with Gasteiger partial charge in [0.25, 0.3) is 5.03 Å². The molecule has 1 unspecified atom stereocenters. The Balaban J connectivity index is 1.81. The van der Waals surface area contributed by atoms with E-state index in [1.807, 2.05) is 6.07 Å². The highest BCUT2D eigenvalue weighted by atomic mass is 35.5. The summed E-state index contributed by atoms with van der Waals surface area (Å²) in [5.74, 6) is -2.24. The predicted octanol–water partition coefficient (Wildman–Crippen LogP) is 2.89. The van der Waals surface area contributed by atoms with Gasteiger partial charge in [0.05, 0.1) is 21.1 Å². The Labute approximate surface area is 175 Å². The molecule has 0 bridgehead atoms. The molecule has 1 atom stereocenters. The third kappa shape index (κ3) is 4.69. The Morgan fingerprint density at radius 3 is 2.69 bits per heavy atom. The fourth-order valence-electron chi connectivity index (χ4n) is 2.52. The number of hydrogen-bond acceptors (Lipinski definition) is 6. The van der Waals surface area contributed by atoms with Crippen molar-refractivity contribution in [2.24, 2.45) is 0 Å². The Bertz CT molecular complexity index is 1040. The third-order valence-corrected chi connectivity index (χ3v) is 5.68. The first-order valence-electron chi connectivity index (χ1n) is 8.55. The van der Waals surface area contributed by atoms with Gasteiger partial charge in [0.15, 0.2) is 5.95 Å². The molecule has 2 aromatic carbocycles. The Kier molecular flexibility index (Phi) is 6.40. The van der Waals surface area contributed by atoms with Gasteiger partial charge in [0.1, 0.15) is 0 Å². The van der Waals surface area contributed by atoms with E-state index in [0.717, 1.165) is 11.8 Å². The molecule has 0 saturated heterocycles. The molecule has 0 spiro atoms. The maximum atomic E-state index is 12.7. The zero-order chi connectivity index (χ0) is 21.0. The van der Waals surface area contributed by atoms with Crippen molar-refractivity contribution in [2.75, 3.05) is 5.32 Å². The Hall–Kier alpha value is -3.04. The molecule has 8 nitrogen and oxygen atoms in total. The molecule has 0 radical (unpaired) electrons. The first-order chi connectivity index (χ1) is 13.9. The lowest BCUT2D eigenvalue weighted by Gasteiger charge is -2.13. The van der Waals surface area contributed by atoms with Crippen molar-refractivity contribution in [1.29, 1.82) is 0 Å². The van der Waals surface area contributed by atoms with Crippen molar-refractivity contribution >= 4 is 40.9 Å². The number of carbonyl (C=O) groups excluding carboxylic acids is 1. The van der Waals surface area contributed by atoms with E-state index in [9.17, 15) is 14.7 Å². The van der Waals surface area contributed by atoms with Crippen LogP contribution in [0.3, 0.4) is 0 Å². The van der Waals surface area contributed by atoms with Gasteiger partial charge in [0.2, 0.25) is 11.6 Å². The van der Waals surface area contributed by atoms with Gasteiger partial charge < -0.3 is 20.1 Å². The van der Waals surface area contributed by atoms with Crippen molar-refractivity contribution in [3.05, 3.63) is 59.1 Å². The molecular weight excluding hydrogens is 418 g/mol. The van der Waals surface area contributed by atoms with Gasteiger partial charge in [-0.2, -0.15) is 0 Å². The van der Waals surface area contributed by atoms with Crippen LogP contribution in [0.1, 0.15) is 23.7 Å². The number of nitrogens with zero attached hydrogens (tertiary/aromatic N) is 2. The lowest BCUT2D eigenvalue weighted by Crippen LogP contribution is -2.36. The third-order valence-electron chi connectivity index (χ3n) is 3.95. The van der Waals surface area contributed by atoms with Gasteiger partial charge in [-0.25, -0.2) is 4.79 Å². The summed E-state index contributed by atoms with van der Waals surface area (Å²) in [6, 6.07) is 13.1. The number of carboxylic acid groups (broad SMARTS) is 1. The molecule has 0 aliphatic heterocycles. The van der Waals surface area contributed by atoms with Gasteiger partial charge in [-0.05, 0) is 41.1 Å². The number of carboxylic acids is 1. The SMILES string of the molecule is CCC(Sc1c([O-])on[n+]1-c1ccccc1)C(=O)Nc1ccc(Cl)c(C(=O)O)c1. The van der Waals surface area contributed by atoms with Crippen molar-refractivity contribution in [2.45, 2.75) is 23.6 Å². The van der Waals surface area contributed by atoms with Crippen molar-refractivity contribution in [3.63, 3.8) is 0 Å². The smallest absolute Gasteiger partial charge is 0.337 e. The van der Waals surface area contributed by atoms with E-state index < -0.39 is 23.1 Å². The summed E-state index contributed by atoms with van der Waals surface area (Å²) < 4.78 is 6.11. The highest BCUT2D eigenvalue weighted by Crippen LogP contribution is 2.30. The van der Waals surface area contributed by atoms with Crippen molar-refractivity contribution < 1.29 is 29.0 Å². The number of amides is 1. The van der Waals surface area contributed by atoms with Crippen LogP contribution in [0.25, 0.3) is 5.69 Å². The van der Waals surface area contributed by atoms with E-state index in [4.69, 9.17) is 21.2 Å². The van der Waals surface area contributed by atoms with Crippen LogP contribution in [0.4, 0.5) is 5.69 Å². The molecule has 1 heterocycles. The van der Waals surface area contributed by atoms with E-state index in [-0.39, 0.29) is 15.6 Å². The highest BCUT2D eigenvalue weighted by molar-refractivity contribution is 8.00. The number of benzene rings is 2. The average molecular weight is 434 g/mol. The lowest BCUT2D eigenvalue weighted by molar-refractivity contribution is -0.705. The Morgan fingerprint density at radius 2 is 2.03 bits per heavy atom. The fourth-order valence-corrected chi connectivity index (χ4v) is 3.69. The van der Waals surface area contributed by atoms with E-state index in [1.54, 1.807) is 31.2 Å². The number of hydrogen-bond donors (Lipinski definition) is 2. The number of thioether (sulfide) groups is 1. The molecule has 1 amide bonds. The molecule has 1 aromatic heterocycles. The molecule has 0 fully saturated rings. The molecule has 150 valence electrons. The molecule has 29 heavy (non-hydrogen) atoms. The van der Waals surface area contributed by atoms with Gasteiger partial charge >= 0.3 is 5.97 Å². The maximum absolute atomic E-state index is 12.7. The Morgan fingerprint density at radius 1 is 1.31 bits per heavy atom. The summed E-state index contributed by atoms with van der Waals surface area (Å²) in [6.07, 6.45) is 0.412. The minimum Gasteiger partial charge on any atom is -0.538 e. The number of para-hydroxylation sites is 1.